The van der Waals surface area contributed by atoms with Crippen LogP contribution in [0.4, 0.5) is 10.5 Å². The van der Waals surface area contributed by atoms with Crippen molar-refractivity contribution in [3.8, 4) is 0 Å². The minimum Gasteiger partial charge on any atom is -0.339 e. The first kappa shape index (κ1) is 19.9. The Kier molecular flexibility index (Phi) is 6.34. The summed E-state index contributed by atoms with van der Waals surface area (Å²) in [6, 6.07) is 16.8. The molecule has 0 aliphatic carbocycles. The van der Waals surface area contributed by atoms with Gasteiger partial charge in [0.05, 0.1) is 16.8 Å². The molecule has 3 amide bonds. The van der Waals surface area contributed by atoms with Crippen molar-refractivity contribution in [2.45, 2.75) is 45.1 Å². The van der Waals surface area contributed by atoms with E-state index in [-0.39, 0.29) is 11.9 Å². The van der Waals surface area contributed by atoms with Crippen LogP contribution in [0.2, 0.25) is 0 Å². The molecule has 0 spiro atoms. The number of benzene rings is 2. The lowest BCUT2D eigenvalue weighted by Gasteiger charge is -2.31. The molecule has 2 N–H and O–H groups in total. The number of carbonyl (C=O) groups excluding carboxylic acids is 2. The second-order valence-corrected chi connectivity index (χ2v) is 7.53. The van der Waals surface area contributed by atoms with E-state index in [1.807, 2.05) is 61.2 Å². The van der Waals surface area contributed by atoms with E-state index in [1.165, 1.54) is 6.42 Å². The topological polar surface area (TPSA) is 61.4 Å². The van der Waals surface area contributed by atoms with E-state index >= 15 is 0 Å². The number of nitrogens with one attached hydrogen (secondary N) is 2. The molecule has 3 rings (SSSR count). The minimum absolute atomic E-state index is 0.0167. The van der Waals surface area contributed by atoms with Gasteiger partial charge in [0.1, 0.15) is 0 Å². The molecule has 2 aromatic carbocycles. The third kappa shape index (κ3) is 4.53. The van der Waals surface area contributed by atoms with Crippen LogP contribution in [0.25, 0.3) is 0 Å². The maximum atomic E-state index is 12.9. The van der Waals surface area contributed by atoms with Crippen LogP contribution in [0.15, 0.2) is 54.6 Å². The van der Waals surface area contributed by atoms with Gasteiger partial charge in [-0.3, -0.25) is 4.79 Å². The predicted molar refractivity (Wildman–Crippen MR) is 112 cm³/mol. The molecular formula is C23H29N3O2. The second kappa shape index (κ2) is 8.91. The quantitative estimate of drug-likeness (QED) is 0.787. The van der Waals surface area contributed by atoms with Crippen LogP contribution >= 0.6 is 0 Å². The highest BCUT2D eigenvalue weighted by Gasteiger charge is 2.27. The number of piperidine rings is 1. The molecule has 0 radical (unpaired) electrons. The van der Waals surface area contributed by atoms with Gasteiger partial charge in [0.2, 0.25) is 0 Å². The van der Waals surface area contributed by atoms with E-state index in [1.54, 1.807) is 12.1 Å². The van der Waals surface area contributed by atoms with Gasteiger partial charge in [-0.25, -0.2) is 4.79 Å². The lowest BCUT2D eigenvalue weighted by atomic mass is 9.89. The number of amides is 3. The van der Waals surface area contributed by atoms with Crippen molar-refractivity contribution in [1.82, 2.24) is 10.2 Å². The molecule has 5 nitrogen and oxygen atoms in total. The Morgan fingerprint density at radius 3 is 2.29 bits per heavy atom. The first-order chi connectivity index (χ1) is 13.5. The summed E-state index contributed by atoms with van der Waals surface area (Å²) in [6.07, 6.45) is 3.99. The number of urea groups is 1. The number of nitrogens with zero attached hydrogens (tertiary/aromatic N) is 1. The maximum absolute atomic E-state index is 12.9. The highest BCUT2D eigenvalue weighted by Crippen LogP contribution is 2.25. The SMILES string of the molecule is CCC(C)(NC(=O)Nc1ccccc1C(=O)N1CCCCC1)c1ccccc1. The van der Waals surface area contributed by atoms with E-state index in [9.17, 15) is 9.59 Å². The third-order valence-electron chi connectivity index (χ3n) is 5.56. The van der Waals surface area contributed by atoms with Gasteiger partial charge in [0.25, 0.3) is 5.91 Å². The average molecular weight is 380 g/mol. The van der Waals surface area contributed by atoms with Gasteiger partial charge in [-0.15, -0.1) is 0 Å². The van der Waals surface area contributed by atoms with Gasteiger partial charge >= 0.3 is 6.03 Å². The lowest BCUT2D eigenvalue weighted by Crippen LogP contribution is -2.45. The van der Waals surface area contributed by atoms with E-state index in [2.05, 4.69) is 10.6 Å². The van der Waals surface area contributed by atoms with Gasteiger partial charge in [-0.2, -0.15) is 0 Å². The summed E-state index contributed by atoms with van der Waals surface area (Å²) in [4.78, 5) is 27.6. The van der Waals surface area contributed by atoms with Crippen LogP contribution in [0.1, 0.15) is 55.5 Å². The zero-order valence-electron chi connectivity index (χ0n) is 16.7. The van der Waals surface area contributed by atoms with Crippen molar-refractivity contribution >= 4 is 17.6 Å². The van der Waals surface area contributed by atoms with E-state index in [0.29, 0.717) is 11.3 Å². The van der Waals surface area contributed by atoms with Crippen LogP contribution in [0, 0.1) is 0 Å². The molecular weight excluding hydrogens is 350 g/mol. The summed E-state index contributed by atoms with van der Waals surface area (Å²) in [7, 11) is 0. The van der Waals surface area contributed by atoms with Crippen molar-refractivity contribution in [3.63, 3.8) is 0 Å². The summed E-state index contributed by atoms with van der Waals surface area (Å²) in [5.74, 6) is -0.0167. The van der Waals surface area contributed by atoms with Crippen molar-refractivity contribution in [3.05, 3.63) is 65.7 Å². The molecule has 148 valence electrons. The van der Waals surface area contributed by atoms with Crippen LogP contribution in [0.3, 0.4) is 0 Å². The fourth-order valence-electron chi connectivity index (χ4n) is 3.62. The Labute approximate surface area is 167 Å². The van der Waals surface area contributed by atoms with Crippen molar-refractivity contribution in [2.75, 3.05) is 18.4 Å². The molecule has 0 bridgehead atoms. The average Bonchev–Trinajstić information content (AvgIpc) is 2.74. The standard InChI is InChI=1S/C23H29N3O2/c1-3-23(2,18-12-6-4-7-13-18)25-22(28)24-20-15-9-8-14-19(20)21(27)26-16-10-5-11-17-26/h4,6-9,12-15H,3,5,10-11,16-17H2,1-2H3,(H2,24,25,28). The number of likely N-dealkylation sites (tertiary alicyclic amines) is 1. The van der Waals surface area contributed by atoms with Gasteiger partial charge in [-0.1, -0.05) is 49.4 Å². The smallest absolute Gasteiger partial charge is 0.319 e. The second-order valence-electron chi connectivity index (χ2n) is 7.53. The molecule has 1 aliphatic rings. The number of anilines is 1. The minimum atomic E-state index is -0.489. The number of hydrogen-bond acceptors (Lipinski definition) is 2. The van der Waals surface area contributed by atoms with Gasteiger partial charge in [0.15, 0.2) is 0 Å². The molecule has 1 unspecified atom stereocenters. The Bertz CT molecular complexity index is 816. The number of rotatable bonds is 5. The third-order valence-corrected chi connectivity index (χ3v) is 5.56. The first-order valence-corrected chi connectivity index (χ1v) is 10.1. The highest BCUT2D eigenvalue weighted by molar-refractivity contribution is 6.03. The summed E-state index contributed by atoms with van der Waals surface area (Å²) >= 11 is 0. The largest absolute Gasteiger partial charge is 0.339 e. The summed E-state index contributed by atoms with van der Waals surface area (Å²) in [5.41, 5.74) is 1.64. The lowest BCUT2D eigenvalue weighted by molar-refractivity contribution is 0.0725. The molecule has 0 saturated carbocycles. The fourth-order valence-corrected chi connectivity index (χ4v) is 3.62. The monoisotopic (exact) mass is 379 g/mol. The molecule has 1 atom stereocenters. The van der Waals surface area contributed by atoms with Gasteiger partial charge in [0, 0.05) is 13.1 Å². The van der Waals surface area contributed by atoms with E-state index < -0.39 is 5.54 Å². The molecule has 1 saturated heterocycles. The predicted octanol–water partition coefficient (Wildman–Crippen LogP) is 4.76. The molecule has 1 fully saturated rings. The number of hydrogen-bond donors (Lipinski definition) is 2. The van der Waals surface area contributed by atoms with Crippen LogP contribution in [-0.2, 0) is 5.54 Å². The van der Waals surface area contributed by atoms with Crippen LogP contribution in [0.5, 0.6) is 0 Å². The zero-order valence-corrected chi connectivity index (χ0v) is 16.7. The van der Waals surface area contributed by atoms with Crippen LogP contribution < -0.4 is 10.6 Å². The highest BCUT2D eigenvalue weighted by atomic mass is 16.2. The molecule has 1 aliphatic heterocycles. The Morgan fingerprint density at radius 1 is 0.964 bits per heavy atom. The number of carbonyl (C=O) groups is 2. The Balaban J connectivity index is 1.74. The van der Waals surface area contributed by atoms with Crippen molar-refractivity contribution < 1.29 is 9.59 Å². The maximum Gasteiger partial charge on any atom is 0.319 e. The molecule has 5 heteroatoms. The van der Waals surface area contributed by atoms with Gasteiger partial charge in [-0.05, 0) is 50.3 Å². The van der Waals surface area contributed by atoms with Crippen LogP contribution in [-0.4, -0.2) is 29.9 Å². The van der Waals surface area contributed by atoms with Crippen molar-refractivity contribution in [1.29, 1.82) is 0 Å². The molecule has 0 aromatic heterocycles. The normalized spacial score (nSPS) is 16.1. The van der Waals surface area contributed by atoms with E-state index in [0.717, 1.165) is 37.9 Å². The van der Waals surface area contributed by atoms with E-state index in [4.69, 9.17) is 0 Å². The number of para-hydroxylation sites is 1. The first-order valence-electron chi connectivity index (χ1n) is 10.1. The zero-order chi connectivity index (χ0) is 20.0. The summed E-state index contributed by atoms with van der Waals surface area (Å²) in [5, 5.41) is 5.97. The molecule has 2 aromatic rings. The summed E-state index contributed by atoms with van der Waals surface area (Å²) in [6.45, 7) is 5.61. The molecule has 1 heterocycles. The molecule has 28 heavy (non-hydrogen) atoms. The van der Waals surface area contributed by atoms with Crippen molar-refractivity contribution in [2.24, 2.45) is 0 Å². The summed E-state index contributed by atoms with van der Waals surface area (Å²) < 4.78 is 0. The Morgan fingerprint density at radius 2 is 1.61 bits per heavy atom. The van der Waals surface area contributed by atoms with Gasteiger partial charge < -0.3 is 15.5 Å². The Hall–Kier alpha value is -2.82. The fraction of sp³-hybridized carbons (Fsp3) is 0.391.